The Bertz CT molecular complexity index is 599. The third kappa shape index (κ3) is 2.47. The van der Waals surface area contributed by atoms with Crippen molar-refractivity contribution in [3.63, 3.8) is 0 Å². The molecule has 0 spiro atoms. The van der Waals surface area contributed by atoms with Crippen LogP contribution in [0.2, 0.25) is 0 Å². The number of rotatable bonds is 4. The molecule has 0 saturated carbocycles. The molecular weight excluding hydrogens is 270 g/mol. The van der Waals surface area contributed by atoms with Gasteiger partial charge < -0.3 is 4.90 Å². The van der Waals surface area contributed by atoms with Crippen LogP contribution in [0.4, 0.5) is 5.82 Å². The van der Waals surface area contributed by atoms with E-state index in [0.717, 1.165) is 36.8 Å². The molecule has 20 heavy (non-hydrogen) atoms. The van der Waals surface area contributed by atoms with Crippen LogP contribution in [0, 0.1) is 6.92 Å². The average Bonchev–Trinajstić information content (AvgIpc) is 2.94. The van der Waals surface area contributed by atoms with Gasteiger partial charge in [0.05, 0.1) is 5.69 Å². The van der Waals surface area contributed by atoms with E-state index in [9.17, 15) is 0 Å². The Morgan fingerprint density at radius 2 is 2.05 bits per heavy atom. The van der Waals surface area contributed by atoms with Crippen molar-refractivity contribution in [2.45, 2.75) is 38.6 Å². The first kappa shape index (κ1) is 13.6. The summed E-state index contributed by atoms with van der Waals surface area (Å²) in [5.74, 6) is 1.79. The van der Waals surface area contributed by atoms with Gasteiger partial charge in [-0.1, -0.05) is 24.3 Å². The molecule has 4 heteroatoms. The molecule has 1 aliphatic rings. The van der Waals surface area contributed by atoms with Crippen molar-refractivity contribution in [1.29, 1.82) is 0 Å². The number of nitrogens with zero attached hydrogens (tertiary/aromatic N) is 3. The molecule has 0 aliphatic carbocycles. The van der Waals surface area contributed by atoms with Crippen LogP contribution in [-0.4, -0.2) is 28.7 Å². The minimum Gasteiger partial charge on any atom is -0.352 e. The fourth-order valence-corrected chi connectivity index (χ4v) is 3.32. The molecule has 2 heterocycles. The Morgan fingerprint density at radius 1 is 1.25 bits per heavy atom. The summed E-state index contributed by atoms with van der Waals surface area (Å²) in [6, 6.07) is 9.00. The van der Waals surface area contributed by atoms with Crippen LogP contribution in [0.25, 0.3) is 10.8 Å². The molecule has 1 aliphatic heterocycles. The van der Waals surface area contributed by atoms with E-state index in [1.807, 2.05) is 6.92 Å². The quantitative estimate of drug-likeness (QED) is 0.799. The van der Waals surface area contributed by atoms with Crippen LogP contribution in [0.5, 0.6) is 0 Å². The standard InChI is InChI=1S/C16H20ClN3/c1-12-14-8-2-3-9-15(14)16(19-18-12)20-11-5-7-13(20)6-4-10-17/h2-3,8-9,13H,4-7,10-11H2,1H3. The van der Waals surface area contributed by atoms with Gasteiger partial charge in [0.25, 0.3) is 0 Å². The zero-order valence-electron chi connectivity index (χ0n) is 11.8. The highest BCUT2D eigenvalue weighted by atomic mass is 35.5. The maximum absolute atomic E-state index is 5.84. The minimum absolute atomic E-state index is 0.564. The van der Waals surface area contributed by atoms with Gasteiger partial charge in [0.1, 0.15) is 0 Å². The number of hydrogen-bond donors (Lipinski definition) is 0. The Morgan fingerprint density at radius 3 is 2.85 bits per heavy atom. The summed E-state index contributed by atoms with van der Waals surface area (Å²) < 4.78 is 0. The second-order valence-corrected chi connectivity index (χ2v) is 5.85. The molecule has 0 radical (unpaired) electrons. The fraction of sp³-hybridized carbons (Fsp3) is 0.500. The summed E-state index contributed by atoms with van der Waals surface area (Å²) in [4.78, 5) is 2.43. The van der Waals surface area contributed by atoms with Gasteiger partial charge in [-0.2, -0.15) is 5.10 Å². The lowest BCUT2D eigenvalue weighted by Gasteiger charge is -2.26. The third-order valence-electron chi connectivity index (χ3n) is 4.17. The minimum atomic E-state index is 0.564. The number of aryl methyl sites for hydroxylation is 1. The monoisotopic (exact) mass is 289 g/mol. The molecule has 3 nitrogen and oxygen atoms in total. The summed E-state index contributed by atoms with van der Waals surface area (Å²) in [6.45, 7) is 3.10. The number of hydrogen-bond acceptors (Lipinski definition) is 3. The van der Waals surface area contributed by atoms with E-state index < -0.39 is 0 Å². The number of anilines is 1. The number of halogens is 1. The zero-order chi connectivity index (χ0) is 13.9. The molecule has 1 aromatic heterocycles. The van der Waals surface area contributed by atoms with E-state index in [1.165, 1.54) is 23.6 Å². The SMILES string of the molecule is Cc1nnc(N2CCCC2CCCCl)c2ccccc12. The molecule has 0 bridgehead atoms. The van der Waals surface area contributed by atoms with Crippen LogP contribution in [-0.2, 0) is 0 Å². The summed E-state index contributed by atoms with van der Waals surface area (Å²) in [6.07, 6.45) is 4.69. The van der Waals surface area contributed by atoms with Crippen molar-refractivity contribution in [2.24, 2.45) is 0 Å². The average molecular weight is 290 g/mol. The van der Waals surface area contributed by atoms with Gasteiger partial charge in [0.15, 0.2) is 5.82 Å². The largest absolute Gasteiger partial charge is 0.352 e. The van der Waals surface area contributed by atoms with Crippen molar-refractivity contribution in [3.05, 3.63) is 30.0 Å². The molecule has 1 aromatic carbocycles. The predicted molar refractivity (Wildman–Crippen MR) is 84.6 cm³/mol. The van der Waals surface area contributed by atoms with Crippen molar-refractivity contribution in [2.75, 3.05) is 17.3 Å². The van der Waals surface area contributed by atoms with Crippen molar-refractivity contribution in [3.8, 4) is 0 Å². The zero-order valence-corrected chi connectivity index (χ0v) is 12.6. The number of aromatic nitrogens is 2. The second kappa shape index (κ2) is 5.96. The van der Waals surface area contributed by atoms with Gasteiger partial charge in [-0.15, -0.1) is 16.7 Å². The van der Waals surface area contributed by atoms with Gasteiger partial charge in [0, 0.05) is 29.2 Å². The van der Waals surface area contributed by atoms with E-state index in [-0.39, 0.29) is 0 Å². The van der Waals surface area contributed by atoms with Gasteiger partial charge in [0.2, 0.25) is 0 Å². The van der Waals surface area contributed by atoms with Crippen LogP contribution in [0.3, 0.4) is 0 Å². The summed E-state index contributed by atoms with van der Waals surface area (Å²) >= 11 is 5.84. The molecule has 3 rings (SSSR count). The van der Waals surface area contributed by atoms with Gasteiger partial charge in [-0.3, -0.25) is 0 Å². The van der Waals surface area contributed by atoms with Crippen LogP contribution < -0.4 is 4.90 Å². The Kier molecular flexibility index (Phi) is 4.06. The van der Waals surface area contributed by atoms with Crippen molar-refractivity contribution >= 4 is 28.2 Å². The molecule has 1 fully saturated rings. The van der Waals surface area contributed by atoms with Gasteiger partial charge >= 0.3 is 0 Å². The molecule has 1 unspecified atom stereocenters. The Balaban J connectivity index is 1.99. The fourth-order valence-electron chi connectivity index (χ4n) is 3.16. The van der Waals surface area contributed by atoms with Crippen molar-refractivity contribution < 1.29 is 0 Å². The van der Waals surface area contributed by atoms with E-state index in [1.54, 1.807) is 0 Å². The van der Waals surface area contributed by atoms with Crippen LogP contribution in [0.15, 0.2) is 24.3 Å². The highest BCUT2D eigenvalue weighted by molar-refractivity contribution is 6.17. The molecule has 0 N–H and O–H groups in total. The maximum Gasteiger partial charge on any atom is 0.159 e. The van der Waals surface area contributed by atoms with E-state index in [4.69, 9.17) is 11.6 Å². The van der Waals surface area contributed by atoms with Gasteiger partial charge in [-0.05, 0) is 32.6 Å². The lowest BCUT2D eigenvalue weighted by Crippen LogP contribution is -2.30. The lowest BCUT2D eigenvalue weighted by molar-refractivity contribution is 0.597. The summed E-state index contributed by atoms with van der Waals surface area (Å²) in [5.41, 5.74) is 1.00. The first-order valence-corrected chi connectivity index (χ1v) is 7.89. The molecular formula is C16H20ClN3. The maximum atomic E-state index is 5.84. The summed E-state index contributed by atoms with van der Waals surface area (Å²) in [5, 5.41) is 11.3. The molecule has 0 amide bonds. The Labute approximate surface area is 124 Å². The first-order chi connectivity index (χ1) is 9.81. The lowest BCUT2D eigenvalue weighted by atomic mass is 10.1. The highest BCUT2D eigenvalue weighted by Crippen LogP contribution is 2.32. The van der Waals surface area contributed by atoms with Crippen LogP contribution >= 0.6 is 11.6 Å². The second-order valence-electron chi connectivity index (χ2n) is 5.48. The topological polar surface area (TPSA) is 29.0 Å². The van der Waals surface area contributed by atoms with E-state index in [2.05, 4.69) is 39.4 Å². The Hall–Kier alpha value is -1.35. The molecule has 2 aromatic rings. The predicted octanol–water partition coefficient (Wildman–Crippen LogP) is 3.93. The smallest absolute Gasteiger partial charge is 0.159 e. The van der Waals surface area contributed by atoms with Crippen molar-refractivity contribution in [1.82, 2.24) is 10.2 Å². The third-order valence-corrected chi connectivity index (χ3v) is 4.44. The van der Waals surface area contributed by atoms with Crippen LogP contribution in [0.1, 0.15) is 31.4 Å². The molecule has 106 valence electrons. The van der Waals surface area contributed by atoms with Gasteiger partial charge in [-0.25, -0.2) is 0 Å². The highest BCUT2D eigenvalue weighted by Gasteiger charge is 2.26. The number of benzene rings is 1. The van der Waals surface area contributed by atoms with E-state index >= 15 is 0 Å². The normalized spacial score (nSPS) is 18.9. The molecule has 1 atom stereocenters. The number of alkyl halides is 1. The molecule has 1 saturated heterocycles. The number of fused-ring (bicyclic) bond motifs is 1. The summed E-state index contributed by atoms with van der Waals surface area (Å²) in [7, 11) is 0. The first-order valence-electron chi connectivity index (χ1n) is 7.36. The van der Waals surface area contributed by atoms with E-state index in [0.29, 0.717) is 6.04 Å².